The van der Waals surface area contributed by atoms with Gasteiger partial charge in [-0.15, -0.1) is 20.4 Å². The van der Waals surface area contributed by atoms with Crippen molar-refractivity contribution in [1.82, 2.24) is 30.0 Å². The third-order valence-corrected chi connectivity index (χ3v) is 8.50. The lowest BCUT2D eigenvalue weighted by Gasteiger charge is -2.07. The van der Waals surface area contributed by atoms with Gasteiger partial charge in [-0.3, -0.25) is 19.2 Å². The Kier molecular flexibility index (Phi) is 6.98. The normalized spacial score (nSPS) is 12.4. The first-order chi connectivity index (χ1) is 20.8. The number of nitro benzene ring substituents is 1. The van der Waals surface area contributed by atoms with Crippen LogP contribution in [0.5, 0.6) is 0 Å². The fraction of sp³-hybridized carbons (Fsp3) is 0. The molecule has 0 bridgehead atoms. The molecule has 2 aromatic heterocycles. The van der Waals surface area contributed by atoms with Gasteiger partial charge in [-0.05, 0) is 47.5 Å². The van der Waals surface area contributed by atoms with Gasteiger partial charge < -0.3 is 0 Å². The summed E-state index contributed by atoms with van der Waals surface area (Å²) in [5.41, 5.74) is 1.32. The topological polar surface area (TPSA) is 213 Å². The standard InChI is InChI=1S/C26H16ClN7O8S2/c27-20-14-21-25(30-32(28-21)17-4-2-1-3-5-17)26-24(20)29-33(31-26)18-10-8-15(22(12-18)43(37,38)39)6-7-16-9-11-19(34(35)36)13-23(16)44(40,41)42/h1-14H,(H,37,38,39)(H,40,41,42)/b7-6+. The number of hydrogen-bond donors (Lipinski definition) is 2. The van der Waals surface area contributed by atoms with E-state index in [2.05, 4.69) is 20.4 Å². The molecular weight excluding hydrogens is 638 g/mol. The molecule has 6 rings (SSSR count). The Morgan fingerprint density at radius 2 is 1.27 bits per heavy atom. The van der Waals surface area contributed by atoms with Crippen molar-refractivity contribution in [2.45, 2.75) is 9.79 Å². The summed E-state index contributed by atoms with van der Waals surface area (Å²) in [6.45, 7) is 0. The van der Waals surface area contributed by atoms with Crippen molar-refractivity contribution >= 4 is 71.7 Å². The molecular formula is C26H16ClN7O8S2. The summed E-state index contributed by atoms with van der Waals surface area (Å²) in [7, 11) is -9.74. The first-order valence-electron chi connectivity index (χ1n) is 12.2. The zero-order chi connectivity index (χ0) is 31.4. The molecule has 0 unspecified atom stereocenters. The predicted molar refractivity (Wildman–Crippen MR) is 158 cm³/mol. The highest BCUT2D eigenvalue weighted by Crippen LogP contribution is 2.30. The Bertz CT molecular complexity index is 2390. The van der Waals surface area contributed by atoms with Crippen molar-refractivity contribution < 1.29 is 30.9 Å². The molecule has 15 nitrogen and oxygen atoms in total. The smallest absolute Gasteiger partial charge is 0.282 e. The van der Waals surface area contributed by atoms with Gasteiger partial charge in [-0.1, -0.05) is 48.0 Å². The quantitative estimate of drug-likeness (QED) is 0.106. The average molecular weight is 654 g/mol. The molecule has 6 aromatic rings. The first-order valence-corrected chi connectivity index (χ1v) is 15.5. The van der Waals surface area contributed by atoms with Crippen LogP contribution in [0.2, 0.25) is 5.02 Å². The van der Waals surface area contributed by atoms with E-state index in [4.69, 9.17) is 11.6 Å². The molecule has 0 saturated heterocycles. The monoisotopic (exact) mass is 653 g/mol. The van der Waals surface area contributed by atoms with Crippen molar-refractivity contribution in [2.75, 3.05) is 0 Å². The number of rotatable bonds is 7. The van der Waals surface area contributed by atoms with Crippen molar-refractivity contribution in [3.63, 3.8) is 0 Å². The molecule has 0 amide bonds. The van der Waals surface area contributed by atoms with Crippen LogP contribution in [0.15, 0.2) is 82.6 Å². The summed E-state index contributed by atoms with van der Waals surface area (Å²) < 4.78 is 68.0. The van der Waals surface area contributed by atoms with Crippen LogP contribution < -0.4 is 0 Å². The van der Waals surface area contributed by atoms with E-state index in [0.717, 1.165) is 35.1 Å². The summed E-state index contributed by atoms with van der Waals surface area (Å²) in [6.07, 6.45) is 2.27. The highest BCUT2D eigenvalue weighted by molar-refractivity contribution is 7.86. The highest BCUT2D eigenvalue weighted by atomic mass is 35.5. The van der Waals surface area contributed by atoms with Crippen LogP contribution in [0.4, 0.5) is 5.69 Å². The maximum absolute atomic E-state index is 12.4. The number of nitro groups is 1. The summed E-state index contributed by atoms with van der Waals surface area (Å²) in [5.74, 6) is 0. The number of fused-ring (bicyclic) bond motifs is 3. The first kappa shape index (κ1) is 29.0. The fourth-order valence-electron chi connectivity index (χ4n) is 4.38. The molecule has 2 heterocycles. The Morgan fingerprint density at radius 3 is 1.91 bits per heavy atom. The van der Waals surface area contributed by atoms with E-state index in [9.17, 15) is 36.1 Å². The van der Waals surface area contributed by atoms with E-state index in [1.54, 1.807) is 6.07 Å². The Labute approximate surface area is 252 Å². The molecule has 0 aliphatic carbocycles. The second-order valence-electron chi connectivity index (χ2n) is 9.22. The van der Waals surface area contributed by atoms with E-state index in [1.165, 1.54) is 16.9 Å². The Hall–Kier alpha value is -5.07. The molecule has 0 aliphatic rings. The minimum absolute atomic E-state index is 0.0844. The summed E-state index contributed by atoms with van der Waals surface area (Å²) in [5, 5.41) is 29.1. The number of benzene rings is 4. The lowest BCUT2D eigenvalue weighted by molar-refractivity contribution is -0.385. The largest absolute Gasteiger partial charge is 0.295 e. The molecule has 0 atom stereocenters. The zero-order valence-electron chi connectivity index (χ0n) is 21.8. The third kappa shape index (κ3) is 5.40. The van der Waals surface area contributed by atoms with Crippen LogP contribution in [-0.2, 0) is 20.2 Å². The van der Waals surface area contributed by atoms with Crippen LogP contribution >= 0.6 is 11.6 Å². The molecule has 4 aromatic carbocycles. The van der Waals surface area contributed by atoms with E-state index < -0.39 is 40.6 Å². The summed E-state index contributed by atoms with van der Waals surface area (Å²) in [6, 6.07) is 17.2. The minimum atomic E-state index is -4.89. The van der Waals surface area contributed by atoms with Gasteiger partial charge in [0.15, 0.2) is 0 Å². The van der Waals surface area contributed by atoms with Crippen LogP contribution in [0, 0.1) is 10.1 Å². The van der Waals surface area contributed by atoms with Gasteiger partial charge in [0.1, 0.15) is 31.9 Å². The second kappa shape index (κ2) is 10.6. The van der Waals surface area contributed by atoms with Gasteiger partial charge in [0, 0.05) is 12.1 Å². The number of nitrogens with zero attached hydrogens (tertiary/aromatic N) is 7. The SMILES string of the molecule is O=[N+]([O-])c1ccc(/C=C/c2ccc(-n3nc4c(Cl)cc5nn(-c6ccccc6)nc5c4n3)cc2S(=O)(=O)O)c(S(=O)(=O)O)c1. The van der Waals surface area contributed by atoms with Crippen molar-refractivity contribution in [3.05, 3.63) is 99.1 Å². The predicted octanol–water partition coefficient (Wildman–Crippen LogP) is 4.38. The molecule has 44 heavy (non-hydrogen) atoms. The van der Waals surface area contributed by atoms with E-state index in [0.29, 0.717) is 22.8 Å². The number of hydrogen-bond acceptors (Lipinski definition) is 10. The number of para-hydroxylation sites is 1. The zero-order valence-corrected chi connectivity index (χ0v) is 24.1. The van der Waals surface area contributed by atoms with Gasteiger partial charge in [0.25, 0.3) is 25.9 Å². The van der Waals surface area contributed by atoms with Gasteiger partial charge in [0.05, 0.1) is 21.3 Å². The summed E-state index contributed by atoms with van der Waals surface area (Å²) in [4.78, 5) is 11.4. The fourth-order valence-corrected chi connectivity index (χ4v) is 6.01. The summed E-state index contributed by atoms with van der Waals surface area (Å²) >= 11 is 6.46. The third-order valence-electron chi connectivity index (χ3n) is 6.39. The van der Waals surface area contributed by atoms with Crippen molar-refractivity contribution in [1.29, 1.82) is 0 Å². The van der Waals surface area contributed by atoms with Gasteiger partial charge in [0.2, 0.25) is 0 Å². The van der Waals surface area contributed by atoms with Crippen molar-refractivity contribution in [2.24, 2.45) is 0 Å². The van der Waals surface area contributed by atoms with E-state index >= 15 is 0 Å². The molecule has 0 aliphatic heterocycles. The Balaban J connectivity index is 1.44. The molecule has 222 valence electrons. The molecule has 2 N–H and O–H groups in total. The number of non-ortho nitro benzene ring substituents is 1. The average Bonchev–Trinajstić information content (AvgIpc) is 3.61. The van der Waals surface area contributed by atoms with Crippen molar-refractivity contribution in [3.8, 4) is 11.4 Å². The van der Waals surface area contributed by atoms with E-state index in [-0.39, 0.29) is 32.9 Å². The van der Waals surface area contributed by atoms with Crippen LogP contribution in [0.1, 0.15) is 11.1 Å². The molecule has 18 heteroatoms. The number of aromatic nitrogens is 6. The van der Waals surface area contributed by atoms with Crippen LogP contribution in [0.25, 0.3) is 45.6 Å². The van der Waals surface area contributed by atoms with Crippen LogP contribution in [-0.4, -0.2) is 60.9 Å². The molecule has 0 saturated carbocycles. The van der Waals surface area contributed by atoms with Gasteiger partial charge in [-0.25, -0.2) is 0 Å². The molecule has 0 spiro atoms. The lowest BCUT2D eigenvalue weighted by Crippen LogP contribution is -2.05. The molecule has 0 radical (unpaired) electrons. The van der Waals surface area contributed by atoms with Crippen LogP contribution in [0.3, 0.4) is 0 Å². The maximum Gasteiger partial charge on any atom is 0.295 e. The maximum atomic E-state index is 12.4. The highest BCUT2D eigenvalue weighted by Gasteiger charge is 2.22. The minimum Gasteiger partial charge on any atom is -0.282 e. The van der Waals surface area contributed by atoms with Gasteiger partial charge >= 0.3 is 0 Å². The molecule has 0 fully saturated rings. The van der Waals surface area contributed by atoms with Gasteiger partial charge in [-0.2, -0.15) is 26.4 Å². The van der Waals surface area contributed by atoms with E-state index in [1.807, 2.05) is 30.3 Å². The Morgan fingerprint density at radius 1 is 0.705 bits per heavy atom. The number of halogens is 1. The lowest BCUT2D eigenvalue weighted by atomic mass is 10.1. The second-order valence-corrected chi connectivity index (χ2v) is 12.4.